The molecule has 0 saturated heterocycles. The van der Waals surface area contributed by atoms with E-state index < -0.39 is 40.3 Å². The lowest BCUT2D eigenvalue weighted by atomic mass is 10.1. The van der Waals surface area contributed by atoms with Gasteiger partial charge in [0.15, 0.2) is 17.2 Å². The van der Waals surface area contributed by atoms with Gasteiger partial charge in [0.05, 0.1) is 15.3 Å². The number of rotatable bonds is 8. The van der Waals surface area contributed by atoms with Crippen LogP contribution in [0.2, 0.25) is 5.02 Å². The van der Waals surface area contributed by atoms with E-state index in [0.717, 1.165) is 23.5 Å². The minimum absolute atomic E-state index is 0.0807. The number of benzene rings is 2. The quantitative estimate of drug-likeness (QED) is 0.368. The summed E-state index contributed by atoms with van der Waals surface area (Å²) in [7, 11) is -4.18. The number of carbonyl (C=O) groups is 2. The summed E-state index contributed by atoms with van der Waals surface area (Å²) >= 11 is 6.94. The summed E-state index contributed by atoms with van der Waals surface area (Å²) in [5, 5.41) is 18.0. The average molecular weight is 536 g/mol. The van der Waals surface area contributed by atoms with Crippen LogP contribution >= 0.6 is 22.9 Å². The summed E-state index contributed by atoms with van der Waals surface area (Å²) in [6.07, 6.45) is -4.60. The Morgan fingerprint density at radius 1 is 1.03 bits per heavy atom. The van der Waals surface area contributed by atoms with Crippen molar-refractivity contribution in [2.75, 3.05) is 11.3 Å². The Balaban J connectivity index is 1.84. The standard InChI is InChI=1S/C20H13ClF3NO7S2/c21-15-16(32-9-14(26)27)18(19(28)29)33-17(15)10-1-5-12(6-2-10)25-34(30,31)13-7-3-11(4-8-13)20(22,23)24/h1-8,25H,9H2,(H,26,27)(H,28,29). The van der Waals surface area contributed by atoms with Crippen molar-refractivity contribution >= 4 is 50.6 Å². The molecule has 0 bridgehead atoms. The topological polar surface area (TPSA) is 130 Å². The molecule has 1 heterocycles. The monoisotopic (exact) mass is 535 g/mol. The van der Waals surface area contributed by atoms with Crippen molar-refractivity contribution < 1.29 is 46.1 Å². The number of aromatic carboxylic acids is 1. The first kappa shape index (κ1) is 25.3. The molecule has 0 amide bonds. The molecule has 3 rings (SSSR count). The van der Waals surface area contributed by atoms with Gasteiger partial charge in [0.25, 0.3) is 10.0 Å². The molecule has 0 fully saturated rings. The smallest absolute Gasteiger partial charge is 0.416 e. The number of sulfonamides is 1. The fourth-order valence-electron chi connectivity index (χ4n) is 2.71. The number of nitrogens with one attached hydrogen (secondary N) is 1. The van der Waals surface area contributed by atoms with Gasteiger partial charge in [-0.2, -0.15) is 13.2 Å². The molecular formula is C20H13ClF3NO7S2. The first-order valence-corrected chi connectivity index (χ1v) is 11.7. The van der Waals surface area contributed by atoms with Crippen molar-refractivity contribution in [2.24, 2.45) is 0 Å². The summed E-state index contributed by atoms with van der Waals surface area (Å²) in [4.78, 5) is 21.8. The zero-order valence-electron chi connectivity index (χ0n) is 16.6. The highest BCUT2D eigenvalue weighted by atomic mass is 35.5. The molecule has 0 unspecified atom stereocenters. The second-order valence-electron chi connectivity index (χ2n) is 6.60. The van der Waals surface area contributed by atoms with Gasteiger partial charge in [-0.3, -0.25) is 4.72 Å². The molecule has 0 aliphatic carbocycles. The molecule has 2 aromatic carbocycles. The summed E-state index contributed by atoms with van der Waals surface area (Å²) in [5.74, 6) is -3.01. The summed E-state index contributed by atoms with van der Waals surface area (Å²) in [6.45, 7) is -0.805. The molecule has 3 N–H and O–H groups in total. The number of aliphatic carboxylic acids is 1. The highest BCUT2D eigenvalue weighted by molar-refractivity contribution is 7.92. The van der Waals surface area contributed by atoms with Gasteiger partial charge < -0.3 is 14.9 Å². The third kappa shape index (κ3) is 5.61. The van der Waals surface area contributed by atoms with Crippen LogP contribution in [0.25, 0.3) is 10.4 Å². The maximum Gasteiger partial charge on any atom is 0.416 e. The molecule has 0 atom stereocenters. The van der Waals surface area contributed by atoms with Crippen molar-refractivity contribution in [1.82, 2.24) is 0 Å². The summed E-state index contributed by atoms with van der Waals surface area (Å²) < 4.78 is 70.2. The van der Waals surface area contributed by atoms with Gasteiger partial charge in [-0.15, -0.1) is 11.3 Å². The molecule has 0 radical (unpaired) electrons. The second-order valence-corrected chi connectivity index (χ2v) is 9.68. The first-order chi connectivity index (χ1) is 15.8. The van der Waals surface area contributed by atoms with Crippen LogP contribution in [0.3, 0.4) is 0 Å². The van der Waals surface area contributed by atoms with E-state index in [1.165, 1.54) is 24.3 Å². The molecule has 0 spiro atoms. The van der Waals surface area contributed by atoms with Crippen LogP contribution in [0.5, 0.6) is 5.75 Å². The Bertz CT molecular complexity index is 1340. The van der Waals surface area contributed by atoms with Crippen LogP contribution in [0.15, 0.2) is 53.4 Å². The van der Waals surface area contributed by atoms with Gasteiger partial charge in [0, 0.05) is 5.69 Å². The molecule has 14 heteroatoms. The number of carboxylic acid groups (broad SMARTS) is 2. The Kier molecular flexibility index (Phi) is 7.10. The van der Waals surface area contributed by atoms with Gasteiger partial charge in [-0.1, -0.05) is 23.7 Å². The number of alkyl halides is 3. The van der Waals surface area contributed by atoms with Crippen molar-refractivity contribution in [2.45, 2.75) is 11.1 Å². The average Bonchev–Trinajstić information content (AvgIpc) is 3.08. The van der Waals surface area contributed by atoms with E-state index in [1.54, 1.807) is 0 Å². The predicted molar refractivity (Wildman–Crippen MR) is 117 cm³/mol. The molecule has 0 saturated carbocycles. The minimum atomic E-state index is -4.60. The third-order valence-corrected chi connectivity index (χ3v) is 7.31. The Morgan fingerprint density at radius 3 is 2.12 bits per heavy atom. The van der Waals surface area contributed by atoms with Crippen molar-refractivity contribution in [3.8, 4) is 16.2 Å². The second kappa shape index (κ2) is 9.52. The van der Waals surface area contributed by atoms with E-state index in [1.807, 2.05) is 0 Å². The van der Waals surface area contributed by atoms with E-state index in [9.17, 15) is 36.3 Å². The van der Waals surface area contributed by atoms with Crippen molar-refractivity contribution in [3.05, 3.63) is 64.0 Å². The lowest BCUT2D eigenvalue weighted by molar-refractivity contribution is -0.139. The minimum Gasteiger partial charge on any atom is -0.479 e. The number of carboxylic acids is 2. The summed E-state index contributed by atoms with van der Waals surface area (Å²) in [6, 6.07) is 8.50. The van der Waals surface area contributed by atoms with Crippen LogP contribution in [0.1, 0.15) is 15.2 Å². The Labute approximate surface area is 199 Å². The third-order valence-electron chi connectivity index (χ3n) is 4.23. The molecule has 0 aliphatic rings. The van der Waals surface area contributed by atoms with Crippen molar-refractivity contribution in [3.63, 3.8) is 0 Å². The highest BCUT2D eigenvalue weighted by Gasteiger charge is 2.30. The molecule has 1 aromatic heterocycles. The Morgan fingerprint density at radius 2 is 1.62 bits per heavy atom. The zero-order valence-corrected chi connectivity index (χ0v) is 19.0. The fraction of sp³-hybridized carbons (Fsp3) is 0.100. The van der Waals surface area contributed by atoms with E-state index >= 15 is 0 Å². The van der Waals surface area contributed by atoms with Crippen LogP contribution in [-0.2, 0) is 21.0 Å². The maximum absolute atomic E-state index is 12.7. The van der Waals surface area contributed by atoms with Crippen LogP contribution in [0.4, 0.5) is 18.9 Å². The van der Waals surface area contributed by atoms with Gasteiger partial charge in [-0.25, -0.2) is 18.0 Å². The first-order valence-electron chi connectivity index (χ1n) is 9.00. The number of anilines is 1. The van der Waals surface area contributed by atoms with Gasteiger partial charge >= 0.3 is 18.1 Å². The van der Waals surface area contributed by atoms with Crippen LogP contribution < -0.4 is 9.46 Å². The van der Waals surface area contributed by atoms with Crippen LogP contribution in [-0.4, -0.2) is 37.2 Å². The molecule has 8 nitrogen and oxygen atoms in total. The van der Waals surface area contributed by atoms with Gasteiger partial charge in [-0.05, 0) is 42.0 Å². The van der Waals surface area contributed by atoms with E-state index in [4.69, 9.17) is 21.4 Å². The number of hydrogen-bond acceptors (Lipinski definition) is 6. The van der Waals surface area contributed by atoms with E-state index in [-0.39, 0.29) is 31.1 Å². The highest BCUT2D eigenvalue weighted by Crippen LogP contribution is 2.45. The van der Waals surface area contributed by atoms with Crippen molar-refractivity contribution in [1.29, 1.82) is 0 Å². The number of thiophene rings is 1. The van der Waals surface area contributed by atoms with E-state index in [2.05, 4.69) is 4.72 Å². The SMILES string of the molecule is O=C(O)COc1c(C(=O)O)sc(-c2ccc(NS(=O)(=O)c3ccc(C(F)(F)F)cc3)cc2)c1Cl. The molecule has 0 aliphatic heterocycles. The van der Waals surface area contributed by atoms with Gasteiger partial charge in [0.2, 0.25) is 0 Å². The molecule has 3 aromatic rings. The van der Waals surface area contributed by atoms with Gasteiger partial charge in [0.1, 0.15) is 5.02 Å². The maximum atomic E-state index is 12.7. The normalized spacial score (nSPS) is 11.8. The number of hydrogen-bond donors (Lipinski definition) is 3. The number of halogens is 4. The lowest BCUT2D eigenvalue weighted by Gasteiger charge is -2.10. The van der Waals surface area contributed by atoms with Crippen LogP contribution in [0, 0.1) is 0 Å². The zero-order chi connectivity index (χ0) is 25.3. The Hall–Kier alpha value is -3.29. The molecule has 34 heavy (non-hydrogen) atoms. The number of ether oxygens (including phenoxy) is 1. The molecule has 180 valence electrons. The molecular weight excluding hydrogens is 523 g/mol. The van der Waals surface area contributed by atoms with E-state index in [0.29, 0.717) is 17.7 Å². The largest absolute Gasteiger partial charge is 0.479 e. The lowest BCUT2D eigenvalue weighted by Crippen LogP contribution is -2.13. The summed E-state index contributed by atoms with van der Waals surface area (Å²) in [5.41, 5.74) is -0.520. The predicted octanol–water partition coefficient (Wildman–Crippen LogP) is 5.05. The fourth-order valence-corrected chi connectivity index (χ4v) is 5.18.